The van der Waals surface area contributed by atoms with Crippen LogP contribution in [-0.2, 0) is 4.79 Å². The van der Waals surface area contributed by atoms with E-state index < -0.39 is 0 Å². The van der Waals surface area contributed by atoms with Gasteiger partial charge in [0.2, 0.25) is 5.91 Å². The number of benzene rings is 2. The normalized spacial score (nSPS) is 10.2. The number of ether oxygens (including phenoxy) is 1. The molecular weight excluding hydrogens is 264 g/mol. The fourth-order valence-corrected chi connectivity index (χ4v) is 2.14. The van der Waals surface area contributed by atoms with Crippen LogP contribution >= 0.6 is 0 Å². The molecule has 21 heavy (non-hydrogen) atoms. The van der Waals surface area contributed by atoms with Gasteiger partial charge in [0.25, 0.3) is 0 Å². The number of hydrogen-bond acceptors (Lipinski definition) is 3. The molecule has 0 radical (unpaired) electrons. The molecule has 0 spiro atoms. The molecule has 0 bridgehead atoms. The molecule has 0 aliphatic rings. The molecule has 0 unspecified atom stereocenters. The Morgan fingerprint density at radius 2 is 1.86 bits per heavy atom. The number of carbonyl (C=O) groups excluding carboxylic acids is 1. The molecule has 110 valence electrons. The van der Waals surface area contributed by atoms with Crippen molar-refractivity contribution < 1.29 is 9.53 Å². The summed E-state index contributed by atoms with van der Waals surface area (Å²) >= 11 is 0. The van der Waals surface area contributed by atoms with E-state index in [-0.39, 0.29) is 5.91 Å². The summed E-state index contributed by atoms with van der Waals surface area (Å²) in [4.78, 5) is 11.9. The van der Waals surface area contributed by atoms with Gasteiger partial charge in [-0.2, -0.15) is 0 Å². The summed E-state index contributed by atoms with van der Waals surface area (Å²) in [6, 6.07) is 13.1. The Hall–Kier alpha value is -2.49. The Balaban J connectivity index is 1.82. The molecule has 0 atom stereocenters. The maximum atomic E-state index is 11.9. The number of hydrogen-bond donors (Lipinski definition) is 2. The predicted octanol–water partition coefficient (Wildman–Crippen LogP) is 3.29. The highest BCUT2D eigenvalue weighted by Gasteiger charge is 2.04. The van der Waals surface area contributed by atoms with Crippen molar-refractivity contribution >= 4 is 17.3 Å². The van der Waals surface area contributed by atoms with E-state index in [0.29, 0.717) is 24.5 Å². The fraction of sp³-hybridized carbons (Fsp3) is 0.235. The number of carbonyl (C=O) groups is 1. The first-order valence-corrected chi connectivity index (χ1v) is 6.89. The predicted molar refractivity (Wildman–Crippen MR) is 85.5 cm³/mol. The number of rotatable bonds is 5. The van der Waals surface area contributed by atoms with Crippen molar-refractivity contribution in [3.05, 3.63) is 53.6 Å². The van der Waals surface area contributed by atoms with E-state index in [1.165, 1.54) is 0 Å². The van der Waals surface area contributed by atoms with Crippen molar-refractivity contribution in [3.63, 3.8) is 0 Å². The van der Waals surface area contributed by atoms with Crippen LogP contribution in [0.2, 0.25) is 0 Å². The Morgan fingerprint density at radius 3 is 2.52 bits per heavy atom. The molecule has 0 saturated carbocycles. The molecule has 2 rings (SSSR count). The van der Waals surface area contributed by atoms with Gasteiger partial charge in [-0.3, -0.25) is 4.79 Å². The van der Waals surface area contributed by atoms with Crippen LogP contribution in [-0.4, -0.2) is 12.5 Å². The summed E-state index contributed by atoms with van der Waals surface area (Å²) in [5.74, 6) is 0.609. The molecular formula is C17H20N2O2. The van der Waals surface area contributed by atoms with Crippen molar-refractivity contribution in [2.75, 3.05) is 17.7 Å². The first-order chi connectivity index (χ1) is 10.0. The summed E-state index contributed by atoms with van der Waals surface area (Å²) in [6.07, 6.45) is 0.293. The summed E-state index contributed by atoms with van der Waals surface area (Å²) in [5, 5.41) is 2.88. The van der Waals surface area contributed by atoms with E-state index in [1.807, 2.05) is 38.1 Å². The molecule has 4 nitrogen and oxygen atoms in total. The minimum Gasteiger partial charge on any atom is -0.493 e. The van der Waals surface area contributed by atoms with Gasteiger partial charge < -0.3 is 15.8 Å². The second-order valence-corrected chi connectivity index (χ2v) is 5.10. The number of nitrogens with two attached hydrogens (primary N) is 1. The van der Waals surface area contributed by atoms with Crippen LogP contribution in [0.5, 0.6) is 5.75 Å². The monoisotopic (exact) mass is 284 g/mol. The third kappa shape index (κ3) is 4.84. The minimum atomic E-state index is -0.0658. The van der Waals surface area contributed by atoms with Gasteiger partial charge >= 0.3 is 0 Å². The van der Waals surface area contributed by atoms with Gasteiger partial charge in [0.15, 0.2) is 0 Å². The van der Waals surface area contributed by atoms with Crippen LogP contribution in [0.1, 0.15) is 17.5 Å². The number of nitrogen functional groups attached to an aromatic ring is 1. The summed E-state index contributed by atoms with van der Waals surface area (Å²) in [7, 11) is 0. The molecule has 0 fully saturated rings. The average Bonchev–Trinajstić information content (AvgIpc) is 2.37. The SMILES string of the molecule is Cc1cc(C)cc(NC(=O)CCOc2cccc(N)c2)c1. The number of nitrogens with one attached hydrogen (secondary N) is 1. The average molecular weight is 284 g/mol. The Labute approximate surface area is 124 Å². The van der Waals surface area contributed by atoms with E-state index in [1.54, 1.807) is 12.1 Å². The second-order valence-electron chi connectivity index (χ2n) is 5.10. The van der Waals surface area contributed by atoms with E-state index in [0.717, 1.165) is 16.8 Å². The van der Waals surface area contributed by atoms with Crippen molar-refractivity contribution in [3.8, 4) is 5.75 Å². The highest BCUT2D eigenvalue weighted by atomic mass is 16.5. The summed E-state index contributed by atoms with van der Waals surface area (Å²) in [6.45, 7) is 4.33. The molecule has 2 aromatic carbocycles. The van der Waals surface area contributed by atoms with E-state index in [2.05, 4.69) is 11.4 Å². The van der Waals surface area contributed by atoms with Crippen LogP contribution in [0.4, 0.5) is 11.4 Å². The summed E-state index contributed by atoms with van der Waals surface area (Å²) < 4.78 is 5.50. The highest BCUT2D eigenvalue weighted by Crippen LogP contribution is 2.16. The molecule has 0 aliphatic carbocycles. The van der Waals surface area contributed by atoms with Gasteiger partial charge in [-0.1, -0.05) is 12.1 Å². The van der Waals surface area contributed by atoms with Crippen LogP contribution in [0.3, 0.4) is 0 Å². The Bertz CT molecular complexity index is 618. The minimum absolute atomic E-state index is 0.0658. The van der Waals surface area contributed by atoms with E-state index >= 15 is 0 Å². The van der Waals surface area contributed by atoms with E-state index in [4.69, 9.17) is 10.5 Å². The molecule has 0 aliphatic heterocycles. The number of anilines is 2. The molecule has 0 saturated heterocycles. The quantitative estimate of drug-likeness (QED) is 0.828. The van der Waals surface area contributed by atoms with Gasteiger partial charge in [-0.25, -0.2) is 0 Å². The highest BCUT2D eigenvalue weighted by molar-refractivity contribution is 5.90. The second kappa shape index (κ2) is 6.79. The maximum absolute atomic E-state index is 11.9. The Kier molecular flexibility index (Phi) is 4.82. The van der Waals surface area contributed by atoms with Crippen molar-refractivity contribution in [1.29, 1.82) is 0 Å². The smallest absolute Gasteiger partial charge is 0.227 e. The standard InChI is InChI=1S/C17H20N2O2/c1-12-8-13(2)10-15(9-12)19-17(20)6-7-21-16-5-3-4-14(18)11-16/h3-5,8-11H,6-7,18H2,1-2H3,(H,19,20). The zero-order valence-corrected chi connectivity index (χ0v) is 12.3. The number of aryl methyl sites for hydroxylation is 2. The van der Waals surface area contributed by atoms with Gasteiger partial charge in [0, 0.05) is 17.4 Å². The third-order valence-corrected chi connectivity index (χ3v) is 2.96. The van der Waals surface area contributed by atoms with Crippen LogP contribution in [0, 0.1) is 13.8 Å². The molecule has 4 heteroatoms. The van der Waals surface area contributed by atoms with Crippen LogP contribution in [0.25, 0.3) is 0 Å². The van der Waals surface area contributed by atoms with Crippen LogP contribution in [0.15, 0.2) is 42.5 Å². The molecule has 3 N–H and O–H groups in total. The molecule has 2 aromatic rings. The lowest BCUT2D eigenvalue weighted by Crippen LogP contribution is -2.15. The lowest BCUT2D eigenvalue weighted by molar-refractivity contribution is -0.116. The zero-order valence-electron chi connectivity index (χ0n) is 12.3. The van der Waals surface area contributed by atoms with Gasteiger partial charge in [0.05, 0.1) is 13.0 Å². The molecule has 1 amide bonds. The fourth-order valence-electron chi connectivity index (χ4n) is 2.14. The number of amides is 1. The van der Waals surface area contributed by atoms with Crippen LogP contribution < -0.4 is 15.8 Å². The largest absolute Gasteiger partial charge is 0.493 e. The van der Waals surface area contributed by atoms with Gasteiger partial charge in [0.1, 0.15) is 5.75 Å². The van der Waals surface area contributed by atoms with Crippen molar-refractivity contribution in [1.82, 2.24) is 0 Å². The summed E-state index contributed by atoms with van der Waals surface area (Å²) in [5.41, 5.74) is 9.38. The third-order valence-electron chi connectivity index (χ3n) is 2.96. The molecule has 0 aromatic heterocycles. The van der Waals surface area contributed by atoms with Crippen molar-refractivity contribution in [2.45, 2.75) is 20.3 Å². The first kappa shape index (κ1) is 14.9. The topological polar surface area (TPSA) is 64.3 Å². The lowest BCUT2D eigenvalue weighted by Gasteiger charge is -2.09. The van der Waals surface area contributed by atoms with E-state index in [9.17, 15) is 4.79 Å². The van der Waals surface area contributed by atoms with Crippen molar-refractivity contribution in [2.24, 2.45) is 0 Å². The molecule has 0 heterocycles. The lowest BCUT2D eigenvalue weighted by atomic mass is 10.1. The zero-order chi connectivity index (χ0) is 15.2. The maximum Gasteiger partial charge on any atom is 0.227 e. The van der Waals surface area contributed by atoms with Gasteiger partial charge in [-0.15, -0.1) is 0 Å². The van der Waals surface area contributed by atoms with Gasteiger partial charge in [-0.05, 0) is 49.2 Å². The Morgan fingerprint density at radius 1 is 1.14 bits per heavy atom. The first-order valence-electron chi connectivity index (χ1n) is 6.89.